The molecule has 0 unspecified atom stereocenters. The Kier molecular flexibility index (Phi) is 8.60. The fourth-order valence-electron chi connectivity index (χ4n) is 0.352. The number of rotatable bonds is 3. The zero-order chi connectivity index (χ0) is 10.2. The van der Waals surface area contributed by atoms with Crippen LogP contribution in [-0.4, -0.2) is 13.9 Å². The van der Waals surface area contributed by atoms with Gasteiger partial charge in [-0.05, 0) is 13.3 Å². The van der Waals surface area contributed by atoms with Gasteiger partial charge in [0.15, 0.2) is 0 Å². The van der Waals surface area contributed by atoms with Crippen molar-refractivity contribution in [1.29, 1.82) is 0 Å². The molecule has 0 fully saturated rings. The van der Waals surface area contributed by atoms with E-state index >= 15 is 0 Å². The summed E-state index contributed by atoms with van der Waals surface area (Å²) in [5.74, 6) is 0.289. The zero-order valence-corrected chi connectivity index (χ0v) is 10.1. The van der Waals surface area contributed by atoms with Gasteiger partial charge in [-0.1, -0.05) is 26.6 Å². The highest BCUT2D eigenvalue weighted by Crippen LogP contribution is 1.98. The molecule has 72 valence electrons. The summed E-state index contributed by atoms with van der Waals surface area (Å²) in [6.45, 7) is 14.1. The summed E-state index contributed by atoms with van der Waals surface area (Å²) in [4.78, 5) is 10.0. The second-order valence-electron chi connectivity index (χ2n) is 4.02. The minimum Gasteiger partial charge on any atom is -0.300 e. The lowest BCUT2D eigenvalue weighted by Gasteiger charge is -2.04. The molecule has 2 heteroatoms. The Labute approximate surface area is 77.9 Å². The summed E-state index contributed by atoms with van der Waals surface area (Å²) in [6.07, 6.45) is 1.72. The van der Waals surface area contributed by atoms with E-state index in [-0.39, 0.29) is 5.78 Å². The molecule has 0 N–H and O–H groups in total. The molecule has 0 heterocycles. The molecule has 0 spiro atoms. The molecule has 0 saturated heterocycles. The Morgan fingerprint density at radius 1 is 1.42 bits per heavy atom. The van der Waals surface area contributed by atoms with Gasteiger partial charge in [-0.15, -0.1) is 12.3 Å². The third-order valence-electron chi connectivity index (χ3n) is 1.21. The van der Waals surface area contributed by atoms with E-state index in [0.29, 0.717) is 0 Å². The second kappa shape index (κ2) is 7.29. The third-order valence-corrected chi connectivity index (χ3v) is 2.44. The average Bonchev–Trinajstić information content (AvgIpc) is 1.87. The van der Waals surface area contributed by atoms with E-state index in [4.69, 9.17) is 0 Å². The maximum atomic E-state index is 10.0. The summed E-state index contributed by atoms with van der Waals surface area (Å²) in [7, 11) is -0.867. The van der Waals surface area contributed by atoms with E-state index < -0.39 is 8.07 Å². The van der Waals surface area contributed by atoms with E-state index in [2.05, 4.69) is 31.9 Å². The lowest BCUT2D eigenvalue weighted by Crippen LogP contribution is -2.14. The van der Waals surface area contributed by atoms with Gasteiger partial charge in [0.25, 0.3) is 0 Å². The lowest BCUT2D eigenvalue weighted by molar-refractivity contribution is -0.117. The first-order valence-corrected chi connectivity index (χ1v) is 8.04. The molecule has 12 heavy (non-hydrogen) atoms. The van der Waals surface area contributed by atoms with Crippen LogP contribution < -0.4 is 0 Å². The van der Waals surface area contributed by atoms with Crippen LogP contribution in [0.1, 0.15) is 26.7 Å². The van der Waals surface area contributed by atoms with Crippen LogP contribution in [0.25, 0.3) is 0 Å². The Bertz CT molecular complexity index is 133. The van der Waals surface area contributed by atoms with E-state index in [1.165, 1.54) is 0 Å². The molecule has 0 saturated carbocycles. The zero-order valence-electron chi connectivity index (χ0n) is 9.11. The first kappa shape index (κ1) is 14.2. The first-order valence-electron chi connectivity index (χ1n) is 4.46. The molecule has 0 amide bonds. The first-order chi connectivity index (χ1) is 5.33. The van der Waals surface area contributed by atoms with Gasteiger partial charge in [0.1, 0.15) is 5.78 Å². The third kappa shape index (κ3) is 22.6. The molecule has 0 aromatic carbocycles. The number of hydrogen-bond acceptors (Lipinski definition) is 1. The summed E-state index contributed by atoms with van der Waals surface area (Å²) in [6, 6.07) is 0. The highest BCUT2D eigenvalue weighted by atomic mass is 28.3. The van der Waals surface area contributed by atoms with Crippen LogP contribution in [0.4, 0.5) is 0 Å². The van der Waals surface area contributed by atoms with E-state index in [1.807, 2.05) is 6.92 Å². The fraction of sp³-hybridized carbons (Fsp3) is 0.700. The number of carbonyl (C=O) groups excluding carboxylic acids is 1. The topological polar surface area (TPSA) is 17.1 Å². The Morgan fingerprint density at radius 3 is 1.75 bits per heavy atom. The van der Waals surface area contributed by atoms with Crippen molar-refractivity contribution in [2.45, 2.75) is 46.3 Å². The molecule has 0 atom stereocenters. The SMILES string of the molecule is C=C[Si](C)(C)C.CCCC(C)=O. The van der Waals surface area contributed by atoms with Gasteiger partial charge in [-0.2, -0.15) is 0 Å². The Morgan fingerprint density at radius 2 is 1.75 bits per heavy atom. The van der Waals surface area contributed by atoms with Gasteiger partial charge in [0, 0.05) is 6.42 Å². The Hall–Kier alpha value is -0.373. The quantitative estimate of drug-likeness (QED) is 0.617. The minimum absolute atomic E-state index is 0.289. The van der Waals surface area contributed by atoms with Gasteiger partial charge < -0.3 is 4.79 Å². The summed E-state index contributed by atoms with van der Waals surface area (Å²) >= 11 is 0. The summed E-state index contributed by atoms with van der Waals surface area (Å²) < 4.78 is 0. The lowest BCUT2D eigenvalue weighted by atomic mass is 10.3. The van der Waals surface area contributed by atoms with Crippen molar-refractivity contribution in [3.8, 4) is 0 Å². The van der Waals surface area contributed by atoms with Crippen molar-refractivity contribution in [1.82, 2.24) is 0 Å². The molecule has 0 aliphatic carbocycles. The minimum atomic E-state index is -0.867. The van der Waals surface area contributed by atoms with Crippen LogP contribution in [0.3, 0.4) is 0 Å². The van der Waals surface area contributed by atoms with Crippen LogP contribution in [0.15, 0.2) is 12.3 Å². The molecule has 1 nitrogen and oxygen atoms in total. The predicted octanol–water partition coefficient (Wildman–Crippen LogP) is 3.43. The van der Waals surface area contributed by atoms with Crippen molar-refractivity contribution in [3.05, 3.63) is 12.3 Å². The van der Waals surface area contributed by atoms with Gasteiger partial charge in [0.05, 0.1) is 8.07 Å². The molecule has 0 aliphatic rings. The normalized spacial score (nSPS) is 9.75. The molecular weight excluding hydrogens is 164 g/mol. The number of ketones is 1. The van der Waals surface area contributed by atoms with Crippen molar-refractivity contribution >= 4 is 13.9 Å². The molecule has 0 radical (unpaired) electrons. The molecule has 0 rings (SSSR count). The van der Waals surface area contributed by atoms with E-state index in [9.17, 15) is 4.79 Å². The highest BCUT2D eigenvalue weighted by Gasteiger charge is 2.03. The van der Waals surface area contributed by atoms with Gasteiger partial charge in [0.2, 0.25) is 0 Å². The molecule has 0 aromatic rings. The monoisotopic (exact) mass is 186 g/mol. The molecule has 0 aromatic heterocycles. The molecule has 0 bridgehead atoms. The van der Waals surface area contributed by atoms with Crippen LogP contribution in [0.5, 0.6) is 0 Å². The molecular formula is C10H22OSi. The number of carbonyl (C=O) groups is 1. The maximum Gasteiger partial charge on any atom is 0.129 e. The van der Waals surface area contributed by atoms with Gasteiger partial charge in [-0.25, -0.2) is 0 Å². The molecule has 0 aliphatic heterocycles. The second-order valence-corrected chi connectivity index (χ2v) is 9.16. The fourth-order valence-corrected chi connectivity index (χ4v) is 0.352. The number of hydrogen-bond donors (Lipinski definition) is 0. The van der Waals surface area contributed by atoms with Crippen molar-refractivity contribution < 1.29 is 4.79 Å². The van der Waals surface area contributed by atoms with E-state index in [0.717, 1.165) is 12.8 Å². The average molecular weight is 186 g/mol. The summed E-state index contributed by atoms with van der Waals surface area (Å²) in [5, 5.41) is 0. The smallest absolute Gasteiger partial charge is 0.129 e. The van der Waals surface area contributed by atoms with Crippen molar-refractivity contribution in [2.75, 3.05) is 0 Å². The number of Topliss-reactive ketones (excluding diaryl/α,β-unsaturated/α-hetero) is 1. The van der Waals surface area contributed by atoms with Gasteiger partial charge >= 0.3 is 0 Å². The van der Waals surface area contributed by atoms with Gasteiger partial charge in [-0.3, -0.25) is 0 Å². The van der Waals surface area contributed by atoms with Crippen molar-refractivity contribution in [2.24, 2.45) is 0 Å². The van der Waals surface area contributed by atoms with Crippen LogP contribution >= 0.6 is 0 Å². The Balaban J connectivity index is 0. The van der Waals surface area contributed by atoms with Crippen LogP contribution in [-0.2, 0) is 4.79 Å². The van der Waals surface area contributed by atoms with Crippen LogP contribution in [0, 0.1) is 0 Å². The highest BCUT2D eigenvalue weighted by molar-refractivity contribution is 6.80. The standard InChI is InChI=1S/C5H10O.C5H12Si/c1-3-4-5(2)6;1-5-6(2,3)4/h3-4H2,1-2H3;5H,1H2,2-4H3. The van der Waals surface area contributed by atoms with Crippen molar-refractivity contribution in [3.63, 3.8) is 0 Å². The summed E-state index contributed by atoms with van der Waals surface area (Å²) in [5.41, 5.74) is 2.08. The van der Waals surface area contributed by atoms with Crippen LogP contribution in [0.2, 0.25) is 19.6 Å². The van der Waals surface area contributed by atoms with E-state index in [1.54, 1.807) is 6.92 Å². The predicted molar refractivity (Wildman–Crippen MR) is 59.1 cm³/mol. The largest absolute Gasteiger partial charge is 0.300 e. The maximum absolute atomic E-state index is 10.0.